The minimum atomic E-state index is -3.94. The molecule has 0 atom stereocenters. The molecule has 0 aliphatic carbocycles. The molecule has 6 nitrogen and oxygen atoms in total. The molecule has 0 saturated carbocycles. The number of hydrogen-bond donors (Lipinski definition) is 1. The fraction of sp³-hybridized carbons (Fsp3) is 0.0435. The molecule has 0 spiro atoms. The average Bonchev–Trinajstić information content (AvgIpc) is 3.11. The number of rotatable bonds is 5. The quantitative estimate of drug-likeness (QED) is 0.332. The van der Waals surface area contributed by atoms with Crippen LogP contribution in [0.1, 0.15) is 11.1 Å². The van der Waals surface area contributed by atoms with E-state index in [0.717, 1.165) is 17.3 Å². The Morgan fingerprint density at radius 3 is 2.39 bits per heavy atom. The molecule has 0 aromatic heterocycles. The van der Waals surface area contributed by atoms with Crippen LogP contribution in [0, 0.1) is 6.92 Å². The van der Waals surface area contributed by atoms with Crippen LogP contribution in [-0.2, 0) is 14.9 Å². The van der Waals surface area contributed by atoms with Gasteiger partial charge < -0.3 is 9.50 Å². The summed E-state index contributed by atoms with van der Waals surface area (Å²) in [7, 11) is -3.94. The number of amidine groups is 1. The van der Waals surface area contributed by atoms with Crippen molar-refractivity contribution in [1.29, 1.82) is 0 Å². The van der Waals surface area contributed by atoms with Gasteiger partial charge in [0.15, 0.2) is 5.17 Å². The lowest BCUT2D eigenvalue weighted by atomic mass is 10.2. The van der Waals surface area contributed by atoms with Gasteiger partial charge in [0.2, 0.25) is 0 Å². The van der Waals surface area contributed by atoms with Gasteiger partial charge >= 0.3 is 10.1 Å². The average molecular weight is 519 g/mol. The van der Waals surface area contributed by atoms with Crippen LogP contribution in [0.2, 0.25) is 10.0 Å². The number of carbonyl (C=O) groups is 1. The van der Waals surface area contributed by atoms with E-state index in [1.165, 1.54) is 24.3 Å². The first-order valence-corrected chi connectivity index (χ1v) is 12.5. The second kappa shape index (κ2) is 9.61. The van der Waals surface area contributed by atoms with Gasteiger partial charge in [0, 0.05) is 5.02 Å². The highest BCUT2D eigenvalue weighted by atomic mass is 35.5. The second-order valence-electron chi connectivity index (χ2n) is 7.00. The number of carbonyl (C=O) groups excluding carboxylic acids is 1. The molecule has 1 amide bonds. The molecule has 10 heteroatoms. The molecule has 1 saturated heterocycles. The Kier molecular flexibility index (Phi) is 6.81. The van der Waals surface area contributed by atoms with Gasteiger partial charge in [-0.05, 0) is 72.8 Å². The fourth-order valence-corrected chi connectivity index (χ4v) is 4.90. The van der Waals surface area contributed by atoms with E-state index in [-0.39, 0.29) is 16.6 Å². The summed E-state index contributed by atoms with van der Waals surface area (Å²) < 4.78 is 30.1. The van der Waals surface area contributed by atoms with E-state index in [9.17, 15) is 13.2 Å². The van der Waals surface area contributed by atoms with Crippen LogP contribution in [-0.4, -0.2) is 19.5 Å². The molecule has 4 rings (SSSR count). The first kappa shape index (κ1) is 23.4. The zero-order valence-corrected chi connectivity index (χ0v) is 20.2. The number of benzene rings is 3. The summed E-state index contributed by atoms with van der Waals surface area (Å²) in [5.74, 6) is -0.140. The van der Waals surface area contributed by atoms with Crippen molar-refractivity contribution < 1.29 is 17.4 Å². The fourth-order valence-electron chi connectivity index (χ4n) is 2.81. The molecule has 1 aliphatic heterocycles. The molecule has 0 radical (unpaired) electrons. The van der Waals surface area contributed by atoms with Crippen LogP contribution in [0.4, 0.5) is 5.69 Å². The van der Waals surface area contributed by atoms with Gasteiger partial charge in [-0.25, -0.2) is 4.99 Å². The van der Waals surface area contributed by atoms with Gasteiger partial charge in [-0.15, -0.1) is 0 Å². The number of aryl methyl sites for hydroxylation is 1. The number of nitrogens with zero attached hydrogens (tertiary/aromatic N) is 1. The molecule has 0 bridgehead atoms. The third-order valence-electron chi connectivity index (χ3n) is 4.47. The zero-order chi connectivity index (χ0) is 23.6. The first-order valence-electron chi connectivity index (χ1n) is 9.55. The minimum Gasteiger partial charge on any atom is -0.379 e. The van der Waals surface area contributed by atoms with Crippen molar-refractivity contribution in [2.75, 3.05) is 0 Å². The monoisotopic (exact) mass is 518 g/mol. The number of nitrogens with one attached hydrogen (secondary N) is 1. The largest absolute Gasteiger partial charge is 0.379 e. The molecule has 1 N–H and O–H groups in total. The molecule has 3 aromatic carbocycles. The Hall–Kier alpha value is -2.78. The van der Waals surface area contributed by atoms with Gasteiger partial charge in [0.05, 0.1) is 15.6 Å². The predicted molar refractivity (Wildman–Crippen MR) is 133 cm³/mol. The van der Waals surface area contributed by atoms with Gasteiger partial charge in [0.1, 0.15) is 10.6 Å². The molecular weight excluding hydrogens is 503 g/mol. The third-order valence-corrected chi connectivity index (χ3v) is 7.20. The Morgan fingerprint density at radius 2 is 1.70 bits per heavy atom. The minimum absolute atomic E-state index is 0.0740. The first-order chi connectivity index (χ1) is 15.7. The highest BCUT2D eigenvalue weighted by molar-refractivity contribution is 8.18. The SMILES string of the molecule is Cc1ccc(S(=O)(=O)Oc2ccc(/C=C3/SC(=Nc4cc(Cl)ccc4Cl)NC3=O)cc2)cc1. The summed E-state index contributed by atoms with van der Waals surface area (Å²) in [6.45, 7) is 1.87. The molecule has 1 heterocycles. The highest BCUT2D eigenvalue weighted by Gasteiger charge is 2.24. The number of hydrogen-bond acceptors (Lipinski definition) is 6. The molecule has 33 heavy (non-hydrogen) atoms. The second-order valence-corrected chi connectivity index (χ2v) is 10.4. The van der Waals surface area contributed by atoms with E-state index in [2.05, 4.69) is 10.3 Å². The van der Waals surface area contributed by atoms with Gasteiger partial charge in [-0.2, -0.15) is 8.42 Å². The van der Waals surface area contributed by atoms with Crippen LogP contribution in [0.5, 0.6) is 5.75 Å². The summed E-state index contributed by atoms with van der Waals surface area (Å²) in [5.41, 5.74) is 2.09. The maximum atomic E-state index is 12.4. The van der Waals surface area contributed by atoms with E-state index in [4.69, 9.17) is 27.4 Å². The zero-order valence-electron chi connectivity index (χ0n) is 17.1. The van der Waals surface area contributed by atoms with Crippen LogP contribution < -0.4 is 9.50 Å². The molecule has 0 unspecified atom stereocenters. The predicted octanol–water partition coefficient (Wildman–Crippen LogP) is 5.96. The Balaban J connectivity index is 1.48. The summed E-state index contributed by atoms with van der Waals surface area (Å²) in [4.78, 5) is 17.2. The van der Waals surface area contributed by atoms with E-state index in [1.54, 1.807) is 48.5 Å². The standard InChI is InChI=1S/C23H16Cl2N2O4S2/c1-14-2-9-18(10-3-14)33(29,30)31-17-7-4-15(5-8-17)12-21-22(28)27-23(32-21)26-20-13-16(24)6-11-19(20)25/h2-13H,1H3,(H,26,27,28)/b21-12+. The van der Waals surface area contributed by atoms with Crippen LogP contribution in [0.15, 0.2) is 81.5 Å². The van der Waals surface area contributed by atoms with Crippen LogP contribution >= 0.6 is 35.0 Å². The van der Waals surface area contributed by atoms with Crippen molar-refractivity contribution in [3.63, 3.8) is 0 Å². The lowest BCUT2D eigenvalue weighted by Gasteiger charge is -2.07. The van der Waals surface area contributed by atoms with E-state index in [0.29, 0.717) is 31.4 Å². The Labute approximate surface area is 205 Å². The van der Waals surface area contributed by atoms with Crippen molar-refractivity contribution in [2.45, 2.75) is 11.8 Å². The number of thioether (sulfide) groups is 1. The normalized spacial score (nSPS) is 16.3. The van der Waals surface area contributed by atoms with Crippen LogP contribution in [0.25, 0.3) is 6.08 Å². The Morgan fingerprint density at radius 1 is 1.00 bits per heavy atom. The topological polar surface area (TPSA) is 84.8 Å². The van der Waals surface area contributed by atoms with Crippen molar-refractivity contribution >= 4 is 67.9 Å². The number of aliphatic imine (C=N–C) groups is 1. The van der Waals surface area contributed by atoms with E-state index < -0.39 is 10.1 Å². The lowest BCUT2D eigenvalue weighted by molar-refractivity contribution is -0.115. The summed E-state index contributed by atoms with van der Waals surface area (Å²) in [6, 6.07) is 17.6. The van der Waals surface area contributed by atoms with E-state index >= 15 is 0 Å². The van der Waals surface area contributed by atoms with E-state index in [1.807, 2.05) is 6.92 Å². The van der Waals surface area contributed by atoms with Crippen molar-refractivity contribution in [3.8, 4) is 5.75 Å². The van der Waals surface area contributed by atoms with Crippen LogP contribution in [0.3, 0.4) is 0 Å². The Bertz CT molecular complexity index is 1380. The highest BCUT2D eigenvalue weighted by Crippen LogP contribution is 2.32. The molecular formula is C23H16Cl2N2O4S2. The maximum absolute atomic E-state index is 12.4. The molecule has 168 valence electrons. The summed E-state index contributed by atoms with van der Waals surface area (Å²) >= 11 is 13.3. The lowest BCUT2D eigenvalue weighted by Crippen LogP contribution is -2.19. The number of halogens is 2. The summed E-state index contributed by atoms with van der Waals surface area (Å²) in [6.07, 6.45) is 1.67. The van der Waals surface area contributed by atoms with Gasteiger partial charge in [-0.1, -0.05) is 53.0 Å². The summed E-state index contributed by atoms with van der Waals surface area (Å²) in [5, 5.41) is 3.95. The van der Waals surface area contributed by atoms with Crippen molar-refractivity contribution in [1.82, 2.24) is 5.32 Å². The van der Waals surface area contributed by atoms with Crippen molar-refractivity contribution in [3.05, 3.63) is 92.8 Å². The molecule has 1 aliphatic rings. The molecule has 1 fully saturated rings. The molecule has 3 aromatic rings. The maximum Gasteiger partial charge on any atom is 0.339 e. The van der Waals surface area contributed by atoms with Gasteiger partial charge in [0.25, 0.3) is 5.91 Å². The third kappa shape index (κ3) is 5.78. The van der Waals surface area contributed by atoms with Crippen molar-refractivity contribution in [2.24, 2.45) is 4.99 Å². The number of amides is 1. The smallest absolute Gasteiger partial charge is 0.339 e. The van der Waals surface area contributed by atoms with Gasteiger partial charge in [-0.3, -0.25) is 4.79 Å².